The van der Waals surface area contributed by atoms with Gasteiger partial charge in [0.1, 0.15) is 17.4 Å². The summed E-state index contributed by atoms with van der Waals surface area (Å²) in [6, 6.07) is 12.5. The fourth-order valence-corrected chi connectivity index (χ4v) is 2.29. The molecule has 0 spiro atoms. The number of carbonyl (C=O) groups excluding carboxylic acids is 2. The maximum atomic E-state index is 12.3. The van der Waals surface area contributed by atoms with Crippen LogP contribution in [0.15, 0.2) is 48.0 Å². The molecule has 29 heavy (non-hydrogen) atoms. The van der Waals surface area contributed by atoms with Crippen LogP contribution < -0.4 is 14.8 Å². The molecule has 0 heterocycles. The lowest BCUT2D eigenvalue weighted by Gasteiger charge is -2.11. The standard InChI is InChI=1S/C21H20N2O6/c1-3-28-20(25)13-29-18-9-4-14(11-19(18)27-2)10-15(12-22)21(26)23-16-5-7-17(24)8-6-16/h4-11,24H,3,13H2,1-2H3,(H,23,26)/b15-10+. The second-order valence-corrected chi connectivity index (χ2v) is 5.67. The summed E-state index contributed by atoms with van der Waals surface area (Å²) >= 11 is 0. The van der Waals surface area contributed by atoms with E-state index in [1.165, 1.54) is 37.5 Å². The number of ether oxygens (including phenoxy) is 3. The maximum absolute atomic E-state index is 12.3. The lowest BCUT2D eigenvalue weighted by molar-refractivity contribution is -0.145. The van der Waals surface area contributed by atoms with E-state index >= 15 is 0 Å². The number of rotatable bonds is 8. The van der Waals surface area contributed by atoms with E-state index in [0.717, 1.165) is 0 Å². The molecule has 0 saturated heterocycles. The summed E-state index contributed by atoms with van der Waals surface area (Å²) in [4.78, 5) is 23.7. The molecule has 0 aliphatic rings. The second-order valence-electron chi connectivity index (χ2n) is 5.67. The quantitative estimate of drug-likeness (QED) is 0.305. The molecular weight excluding hydrogens is 376 g/mol. The highest BCUT2D eigenvalue weighted by Gasteiger charge is 2.12. The van der Waals surface area contributed by atoms with Gasteiger partial charge in [-0.15, -0.1) is 0 Å². The molecule has 0 unspecified atom stereocenters. The smallest absolute Gasteiger partial charge is 0.344 e. The molecule has 8 heteroatoms. The van der Waals surface area contributed by atoms with Gasteiger partial charge >= 0.3 is 5.97 Å². The zero-order chi connectivity index (χ0) is 21.2. The van der Waals surface area contributed by atoms with E-state index in [1.54, 1.807) is 25.1 Å². The summed E-state index contributed by atoms with van der Waals surface area (Å²) < 4.78 is 15.4. The average molecular weight is 396 g/mol. The van der Waals surface area contributed by atoms with Gasteiger partial charge in [0.15, 0.2) is 18.1 Å². The van der Waals surface area contributed by atoms with Crippen molar-refractivity contribution in [3.8, 4) is 23.3 Å². The van der Waals surface area contributed by atoms with Crippen LogP contribution in [0.4, 0.5) is 5.69 Å². The summed E-state index contributed by atoms with van der Waals surface area (Å²) in [6.45, 7) is 1.69. The molecule has 0 bridgehead atoms. The predicted molar refractivity (Wildman–Crippen MR) is 105 cm³/mol. The number of aromatic hydroxyl groups is 1. The first-order chi connectivity index (χ1) is 14.0. The van der Waals surface area contributed by atoms with Gasteiger partial charge in [0, 0.05) is 5.69 Å². The van der Waals surface area contributed by atoms with E-state index in [-0.39, 0.29) is 24.5 Å². The number of hydrogen-bond acceptors (Lipinski definition) is 7. The van der Waals surface area contributed by atoms with Gasteiger partial charge in [0.2, 0.25) is 0 Å². The molecule has 0 atom stereocenters. The number of amides is 1. The molecule has 8 nitrogen and oxygen atoms in total. The highest BCUT2D eigenvalue weighted by molar-refractivity contribution is 6.09. The summed E-state index contributed by atoms with van der Waals surface area (Å²) in [5, 5.41) is 21.2. The molecule has 0 aliphatic heterocycles. The molecule has 2 rings (SSSR count). The first-order valence-electron chi connectivity index (χ1n) is 8.65. The number of phenolic OH excluding ortho intramolecular Hbond substituents is 1. The van der Waals surface area contributed by atoms with E-state index in [9.17, 15) is 20.0 Å². The average Bonchev–Trinajstić information content (AvgIpc) is 2.72. The van der Waals surface area contributed by atoms with Crippen LogP contribution in [0.5, 0.6) is 17.2 Å². The number of nitriles is 1. The van der Waals surface area contributed by atoms with Gasteiger partial charge in [-0.05, 0) is 55.0 Å². The Labute approximate surface area is 167 Å². The zero-order valence-electron chi connectivity index (χ0n) is 16.0. The van der Waals surface area contributed by atoms with Crippen molar-refractivity contribution in [3.63, 3.8) is 0 Å². The number of nitrogens with one attached hydrogen (secondary N) is 1. The van der Waals surface area contributed by atoms with Crippen molar-refractivity contribution >= 4 is 23.6 Å². The lowest BCUT2D eigenvalue weighted by Crippen LogP contribution is -2.15. The Kier molecular flexibility index (Phi) is 7.62. The Morgan fingerprint density at radius 3 is 2.52 bits per heavy atom. The third kappa shape index (κ3) is 6.29. The molecule has 2 N–H and O–H groups in total. The van der Waals surface area contributed by atoms with Crippen molar-refractivity contribution in [2.24, 2.45) is 0 Å². The fraction of sp³-hybridized carbons (Fsp3) is 0.190. The Morgan fingerprint density at radius 1 is 1.17 bits per heavy atom. The molecule has 0 saturated carbocycles. The lowest BCUT2D eigenvalue weighted by atomic mass is 10.1. The van der Waals surface area contributed by atoms with E-state index in [0.29, 0.717) is 22.7 Å². The van der Waals surface area contributed by atoms with Gasteiger partial charge in [0.25, 0.3) is 5.91 Å². The zero-order valence-corrected chi connectivity index (χ0v) is 16.0. The number of anilines is 1. The topological polar surface area (TPSA) is 118 Å². The van der Waals surface area contributed by atoms with Crippen LogP contribution in [0.1, 0.15) is 12.5 Å². The highest BCUT2D eigenvalue weighted by atomic mass is 16.6. The molecule has 2 aromatic rings. The maximum Gasteiger partial charge on any atom is 0.344 e. The van der Waals surface area contributed by atoms with Crippen molar-refractivity contribution < 1.29 is 28.9 Å². The van der Waals surface area contributed by atoms with Gasteiger partial charge in [0.05, 0.1) is 13.7 Å². The molecule has 1 amide bonds. The van der Waals surface area contributed by atoms with Crippen molar-refractivity contribution in [3.05, 3.63) is 53.6 Å². The normalized spacial score (nSPS) is 10.6. The van der Waals surface area contributed by atoms with Crippen LogP contribution in [0.2, 0.25) is 0 Å². The third-order valence-corrected chi connectivity index (χ3v) is 3.64. The number of esters is 1. The molecule has 0 fully saturated rings. The Morgan fingerprint density at radius 2 is 1.90 bits per heavy atom. The van der Waals surface area contributed by atoms with Crippen molar-refractivity contribution in [1.82, 2.24) is 0 Å². The van der Waals surface area contributed by atoms with Crippen LogP contribution in [-0.4, -0.2) is 37.3 Å². The second kappa shape index (κ2) is 10.4. The monoisotopic (exact) mass is 396 g/mol. The number of carbonyl (C=O) groups is 2. The van der Waals surface area contributed by atoms with Crippen LogP contribution in [-0.2, 0) is 14.3 Å². The molecule has 0 aliphatic carbocycles. The number of methoxy groups -OCH3 is 1. The summed E-state index contributed by atoms with van der Waals surface area (Å²) in [5.74, 6) is -0.378. The predicted octanol–water partition coefficient (Wildman–Crippen LogP) is 2.89. The summed E-state index contributed by atoms with van der Waals surface area (Å²) in [5.41, 5.74) is 0.845. The van der Waals surface area contributed by atoms with Crippen LogP contribution in [0.3, 0.4) is 0 Å². The van der Waals surface area contributed by atoms with Gasteiger partial charge in [-0.2, -0.15) is 5.26 Å². The molecule has 0 radical (unpaired) electrons. The third-order valence-electron chi connectivity index (χ3n) is 3.64. The molecular formula is C21H20N2O6. The van der Waals surface area contributed by atoms with Gasteiger partial charge in [-0.3, -0.25) is 4.79 Å². The van der Waals surface area contributed by atoms with Crippen LogP contribution >= 0.6 is 0 Å². The van der Waals surface area contributed by atoms with Crippen molar-refractivity contribution in [1.29, 1.82) is 5.26 Å². The molecule has 0 aromatic heterocycles. The van der Waals surface area contributed by atoms with Gasteiger partial charge < -0.3 is 24.6 Å². The Hall–Kier alpha value is -3.99. The van der Waals surface area contributed by atoms with E-state index < -0.39 is 11.9 Å². The summed E-state index contributed by atoms with van der Waals surface area (Å²) in [6.07, 6.45) is 1.40. The van der Waals surface area contributed by atoms with Crippen LogP contribution in [0, 0.1) is 11.3 Å². The fourth-order valence-electron chi connectivity index (χ4n) is 2.29. The van der Waals surface area contributed by atoms with E-state index in [4.69, 9.17) is 14.2 Å². The van der Waals surface area contributed by atoms with Crippen LogP contribution in [0.25, 0.3) is 6.08 Å². The van der Waals surface area contributed by atoms with Crippen molar-refractivity contribution in [2.75, 3.05) is 25.6 Å². The first-order valence-corrected chi connectivity index (χ1v) is 8.65. The van der Waals surface area contributed by atoms with Gasteiger partial charge in [-0.1, -0.05) is 6.07 Å². The first kappa shape index (κ1) is 21.3. The number of phenols is 1. The number of nitrogens with zero attached hydrogens (tertiary/aromatic N) is 1. The minimum Gasteiger partial charge on any atom is -0.508 e. The minimum absolute atomic E-state index is 0.0661. The highest BCUT2D eigenvalue weighted by Crippen LogP contribution is 2.29. The minimum atomic E-state index is -0.597. The summed E-state index contributed by atoms with van der Waals surface area (Å²) in [7, 11) is 1.43. The van der Waals surface area contributed by atoms with Gasteiger partial charge in [-0.25, -0.2) is 4.79 Å². The Bertz CT molecular complexity index is 945. The largest absolute Gasteiger partial charge is 0.508 e. The SMILES string of the molecule is CCOC(=O)COc1ccc(/C=C(\C#N)C(=O)Nc2ccc(O)cc2)cc1OC. The van der Waals surface area contributed by atoms with E-state index in [1.807, 2.05) is 6.07 Å². The molecule has 2 aromatic carbocycles. The number of hydrogen-bond donors (Lipinski definition) is 2. The van der Waals surface area contributed by atoms with E-state index in [2.05, 4.69) is 5.32 Å². The number of benzene rings is 2. The van der Waals surface area contributed by atoms with Crippen molar-refractivity contribution in [2.45, 2.75) is 6.92 Å². The molecule has 150 valence electrons. The Balaban J connectivity index is 2.15.